The van der Waals surface area contributed by atoms with E-state index in [1.165, 1.54) is 12.8 Å². The number of hydrogen-bond acceptors (Lipinski definition) is 2. The molecule has 1 N–H and O–H groups in total. The molecule has 0 saturated heterocycles. The maximum absolute atomic E-state index is 8.92. The van der Waals surface area contributed by atoms with Gasteiger partial charge in [0, 0.05) is 12.0 Å². The maximum Gasteiger partial charge on any atom is 0.0814 e. The van der Waals surface area contributed by atoms with Crippen molar-refractivity contribution < 1.29 is 9.84 Å². The van der Waals surface area contributed by atoms with Crippen molar-refractivity contribution in [2.45, 2.75) is 40.0 Å². The fourth-order valence-electron chi connectivity index (χ4n) is 0.848. The van der Waals surface area contributed by atoms with E-state index in [1.807, 2.05) is 13.8 Å². The van der Waals surface area contributed by atoms with E-state index in [0.717, 1.165) is 13.0 Å². The smallest absolute Gasteiger partial charge is 0.0814 e. The van der Waals surface area contributed by atoms with Gasteiger partial charge in [-0.1, -0.05) is 33.6 Å². The lowest BCUT2D eigenvalue weighted by molar-refractivity contribution is 0.0266. The third-order valence-corrected chi connectivity index (χ3v) is 1.81. The van der Waals surface area contributed by atoms with Crippen LogP contribution >= 0.6 is 0 Å². The van der Waals surface area contributed by atoms with Crippen molar-refractivity contribution >= 4 is 8.41 Å². The third-order valence-electron chi connectivity index (χ3n) is 1.81. The molecule has 0 rings (SSSR count). The van der Waals surface area contributed by atoms with Gasteiger partial charge in [-0.3, -0.25) is 0 Å². The monoisotopic (exact) mass is 188 g/mol. The average Bonchev–Trinajstić information content (AvgIpc) is 2.04. The zero-order valence-electron chi connectivity index (χ0n) is 8.60. The first kappa shape index (κ1) is 15.5. The summed E-state index contributed by atoms with van der Waals surface area (Å²) in [7, 11) is 0. The molecule has 0 saturated carbocycles. The molecule has 0 heterocycles. The molecule has 0 bridgehead atoms. The van der Waals surface area contributed by atoms with E-state index in [-0.39, 0.29) is 20.4 Å². The Hall–Kier alpha value is -0.0151. The van der Waals surface area contributed by atoms with Gasteiger partial charge in [-0.15, -0.1) is 0 Å². The van der Waals surface area contributed by atoms with E-state index in [2.05, 4.69) is 6.92 Å². The lowest BCUT2D eigenvalue weighted by Crippen LogP contribution is -2.23. The fourth-order valence-corrected chi connectivity index (χ4v) is 0.848. The molecule has 0 radical (unpaired) electrons. The highest BCUT2D eigenvalue weighted by Crippen LogP contribution is 2.13. The van der Waals surface area contributed by atoms with Crippen LogP contribution < -0.4 is 0 Å². The van der Waals surface area contributed by atoms with Crippen LogP contribution in [0.1, 0.15) is 40.0 Å². The number of unbranched alkanes of at least 4 members (excludes halogenated alkanes) is 2. The van der Waals surface area contributed by atoms with Gasteiger partial charge in [0.25, 0.3) is 0 Å². The normalized spacial score (nSPS) is 11.1. The van der Waals surface area contributed by atoms with Crippen LogP contribution in [0, 0.1) is 5.41 Å². The quantitative estimate of drug-likeness (QED) is 0.477. The molecule has 0 aromatic carbocycles. The molecule has 0 fully saturated rings. The first-order valence-corrected chi connectivity index (χ1v) is 4.81. The van der Waals surface area contributed by atoms with Crippen molar-refractivity contribution in [1.29, 1.82) is 0 Å². The number of hydrogen-bond donors (Lipinski definition) is 1. The summed E-state index contributed by atoms with van der Waals surface area (Å²) in [5, 5.41) is 8.92. The molecule has 3 heteroatoms. The highest BCUT2D eigenvalue weighted by atomic mass is 16.5. The Bertz CT molecular complexity index is 105. The van der Waals surface area contributed by atoms with Gasteiger partial charge in [0.2, 0.25) is 0 Å². The molecule has 0 aliphatic rings. The predicted octanol–water partition coefficient (Wildman–Crippen LogP) is 1.03. The first-order valence-electron chi connectivity index (χ1n) is 4.81. The highest BCUT2D eigenvalue weighted by molar-refractivity contribution is 5.75. The largest absolute Gasteiger partial charge is 0.396 e. The van der Waals surface area contributed by atoms with E-state index in [9.17, 15) is 0 Å². The predicted molar refractivity (Wildman–Crippen MR) is 61.1 cm³/mol. The number of aliphatic hydroxyl groups is 1. The summed E-state index contributed by atoms with van der Waals surface area (Å²) in [6.07, 6.45) is 3.60. The van der Waals surface area contributed by atoms with Crippen LogP contribution in [0.25, 0.3) is 0 Å². The molecule has 13 heavy (non-hydrogen) atoms. The molecule has 0 unspecified atom stereocenters. The molecule has 0 aliphatic carbocycles. The second-order valence-electron chi connectivity index (χ2n) is 4.08. The highest BCUT2D eigenvalue weighted by Gasteiger charge is 2.15. The molecule has 80 valence electrons. The SMILES string of the molecule is B.CCCCCOCC(C)(C)CO. The summed E-state index contributed by atoms with van der Waals surface area (Å²) in [5.41, 5.74) is -0.0772. The number of aliphatic hydroxyl groups excluding tert-OH is 1. The number of ether oxygens (including phenoxy) is 1. The lowest BCUT2D eigenvalue weighted by Gasteiger charge is -2.20. The van der Waals surface area contributed by atoms with Gasteiger partial charge in [-0.05, 0) is 6.42 Å². The standard InChI is InChI=1S/C10H22O2.BH3/c1-4-5-6-7-12-9-10(2,3)8-11;/h11H,4-9H2,1-3H3;1H3. The van der Waals surface area contributed by atoms with Crippen molar-refractivity contribution in [3.05, 3.63) is 0 Å². The van der Waals surface area contributed by atoms with Crippen LogP contribution in [-0.2, 0) is 4.74 Å². The zero-order chi connectivity index (χ0) is 9.45. The summed E-state index contributed by atoms with van der Waals surface area (Å²) in [6.45, 7) is 7.88. The summed E-state index contributed by atoms with van der Waals surface area (Å²) in [4.78, 5) is 0. The van der Waals surface area contributed by atoms with Crippen LogP contribution in [0.5, 0.6) is 0 Å². The lowest BCUT2D eigenvalue weighted by atomic mass is 9.97. The molecular weight excluding hydrogens is 163 g/mol. The minimum Gasteiger partial charge on any atom is -0.396 e. The Morgan fingerprint density at radius 2 is 1.85 bits per heavy atom. The molecule has 0 aromatic heterocycles. The second-order valence-corrected chi connectivity index (χ2v) is 4.08. The van der Waals surface area contributed by atoms with Crippen LogP contribution in [0.15, 0.2) is 0 Å². The van der Waals surface area contributed by atoms with Gasteiger partial charge in [0.05, 0.1) is 21.6 Å². The van der Waals surface area contributed by atoms with E-state index in [0.29, 0.717) is 6.61 Å². The van der Waals surface area contributed by atoms with Crippen molar-refractivity contribution in [2.75, 3.05) is 19.8 Å². The van der Waals surface area contributed by atoms with Crippen LogP contribution in [0.2, 0.25) is 0 Å². The third kappa shape index (κ3) is 9.90. The maximum atomic E-state index is 8.92. The molecular formula is C10H25BO2. The minimum atomic E-state index is -0.0772. The van der Waals surface area contributed by atoms with Crippen LogP contribution in [0.4, 0.5) is 0 Å². The summed E-state index contributed by atoms with van der Waals surface area (Å²) in [6, 6.07) is 0. The van der Waals surface area contributed by atoms with Crippen LogP contribution in [0.3, 0.4) is 0 Å². The van der Waals surface area contributed by atoms with Crippen molar-refractivity contribution in [3.63, 3.8) is 0 Å². The molecule has 2 nitrogen and oxygen atoms in total. The molecule has 0 amide bonds. The van der Waals surface area contributed by atoms with Crippen molar-refractivity contribution in [1.82, 2.24) is 0 Å². The van der Waals surface area contributed by atoms with Gasteiger partial charge in [0.1, 0.15) is 0 Å². The molecule has 0 aliphatic heterocycles. The summed E-state index contributed by atoms with van der Waals surface area (Å²) >= 11 is 0. The Balaban J connectivity index is 0. The van der Waals surface area contributed by atoms with Crippen molar-refractivity contribution in [3.8, 4) is 0 Å². The van der Waals surface area contributed by atoms with Gasteiger partial charge in [0.15, 0.2) is 0 Å². The van der Waals surface area contributed by atoms with Crippen molar-refractivity contribution in [2.24, 2.45) is 5.41 Å². The Morgan fingerprint density at radius 1 is 1.23 bits per heavy atom. The summed E-state index contributed by atoms with van der Waals surface area (Å²) in [5.74, 6) is 0. The summed E-state index contributed by atoms with van der Waals surface area (Å²) < 4.78 is 5.43. The molecule has 0 atom stereocenters. The fraction of sp³-hybridized carbons (Fsp3) is 1.00. The average molecular weight is 188 g/mol. The Labute approximate surface area is 84.3 Å². The second kappa shape index (κ2) is 8.58. The van der Waals surface area contributed by atoms with Gasteiger partial charge >= 0.3 is 0 Å². The zero-order valence-corrected chi connectivity index (χ0v) is 8.60. The van der Waals surface area contributed by atoms with Crippen LogP contribution in [-0.4, -0.2) is 33.3 Å². The minimum absolute atomic E-state index is 0. The first-order chi connectivity index (χ1) is 5.62. The molecule has 0 aromatic rings. The number of rotatable bonds is 7. The van der Waals surface area contributed by atoms with Gasteiger partial charge in [-0.2, -0.15) is 0 Å². The van der Waals surface area contributed by atoms with E-state index < -0.39 is 0 Å². The molecule has 0 spiro atoms. The Kier molecular flexibility index (Phi) is 10.2. The van der Waals surface area contributed by atoms with E-state index in [1.54, 1.807) is 0 Å². The Morgan fingerprint density at radius 3 is 2.31 bits per heavy atom. The van der Waals surface area contributed by atoms with Gasteiger partial charge in [-0.25, -0.2) is 0 Å². The van der Waals surface area contributed by atoms with Gasteiger partial charge < -0.3 is 9.84 Å². The van der Waals surface area contributed by atoms with E-state index in [4.69, 9.17) is 9.84 Å². The van der Waals surface area contributed by atoms with E-state index >= 15 is 0 Å². The topological polar surface area (TPSA) is 29.5 Å².